The summed E-state index contributed by atoms with van der Waals surface area (Å²) in [4.78, 5) is 53.3. The van der Waals surface area contributed by atoms with Crippen LogP contribution in [0.15, 0.2) is 12.7 Å². The van der Waals surface area contributed by atoms with Crippen LogP contribution >= 0.6 is 11.9 Å². The van der Waals surface area contributed by atoms with E-state index in [0.29, 0.717) is 24.5 Å². The van der Waals surface area contributed by atoms with E-state index < -0.39 is 29.8 Å². The fourth-order valence-electron chi connectivity index (χ4n) is 4.42. The molecule has 4 atom stereocenters. The topological polar surface area (TPSA) is 117 Å². The molecule has 0 aromatic carbocycles. The van der Waals surface area contributed by atoms with Crippen LogP contribution in [-0.2, 0) is 19.1 Å². The molecule has 3 rings (SSSR count). The molecular weight excluding hydrogens is 456 g/mol. The van der Waals surface area contributed by atoms with Crippen LogP contribution < -0.4 is 15.4 Å². The van der Waals surface area contributed by atoms with Crippen LogP contribution in [-0.4, -0.2) is 63.7 Å². The van der Waals surface area contributed by atoms with Gasteiger partial charge in [0.05, 0.1) is 0 Å². The molecule has 2 heterocycles. The number of carbonyl (C=O) groups excluding carboxylic acids is 4. The van der Waals surface area contributed by atoms with Crippen LogP contribution in [0.4, 0.5) is 4.79 Å². The molecule has 0 spiro atoms. The average Bonchev–Trinajstić information content (AvgIpc) is 3.48. The minimum atomic E-state index is -0.874. The number of alkyl carbamates (subject to hydrolysis) is 1. The molecule has 3 fully saturated rings. The van der Waals surface area contributed by atoms with Gasteiger partial charge in [0.15, 0.2) is 0 Å². The minimum Gasteiger partial charge on any atom is -0.444 e. The second-order valence-electron chi connectivity index (χ2n) is 10.3. The Morgan fingerprint density at radius 1 is 1.09 bits per heavy atom. The van der Waals surface area contributed by atoms with Gasteiger partial charge >= 0.3 is 6.09 Å². The summed E-state index contributed by atoms with van der Waals surface area (Å²) >= 11 is 1.37. The van der Waals surface area contributed by atoms with Gasteiger partial charge in [-0.1, -0.05) is 25.3 Å². The molecule has 1 aliphatic carbocycles. The van der Waals surface area contributed by atoms with Crippen molar-refractivity contribution in [3.63, 3.8) is 0 Å². The number of carbonyl (C=O) groups is 4. The fourth-order valence-corrected chi connectivity index (χ4v) is 5.20. The molecule has 4 amide bonds. The van der Waals surface area contributed by atoms with Crippen LogP contribution in [0.25, 0.3) is 0 Å². The lowest BCUT2D eigenvalue weighted by Gasteiger charge is -2.33. The fraction of sp³-hybridized carbons (Fsp3) is 0.750. The van der Waals surface area contributed by atoms with Gasteiger partial charge in [-0.2, -0.15) is 0 Å². The van der Waals surface area contributed by atoms with Crippen LogP contribution in [0, 0.1) is 0 Å². The number of hydrogen-bond acceptors (Lipinski definition) is 6. The zero-order valence-corrected chi connectivity index (χ0v) is 21.2. The van der Waals surface area contributed by atoms with Gasteiger partial charge in [-0.25, -0.2) is 4.79 Å². The zero-order chi connectivity index (χ0) is 24.9. The maximum absolute atomic E-state index is 13.6. The van der Waals surface area contributed by atoms with E-state index in [2.05, 4.69) is 21.9 Å². The number of amides is 4. The first-order chi connectivity index (χ1) is 16.1. The van der Waals surface area contributed by atoms with Crippen molar-refractivity contribution in [2.75, 3.05) is 0 Å². The van der Waals surface area contributed by atoms with Gasteiger partial charge in [-0.05, 0) is 71.2 Å². The molecule has 10 heteroatoms. The lowest BCUT2D eigenvalue weighted by atomic mass is 10.0. The Bertz CT molecular complexity index is 795. The van der Waals surface area contributed by atoms with Crippen molar-refractivity contribution in [1.29, 1.82) is 0 Å². The smallest absolute Gasteiger partial charge is 0.408 e. The first-order valence-electron chi connectivity index (χ1n) is 12.3. The molecule has 34 heavy (non-hydrogen) atoms. The standard InChI is InChI=1S/C24H38N4O5S/c1-5-17(20(29)27-34-16-12-13-16)25-21(30)19-14-11-15-9-7-6-8-10-18(22(31)28(15)19)26-23(32)33-24(2,3)4/h5,15-19H,1,6-14H2,2-4H3,(H,25,30)(H,26,32)(H,27,29). The molecule has 190 valence electrons. The quantitative estimate of drug-likeness (QED) is 0.370. The van der Waals surface area contributed by atoms with Crippen molar-refractivity contribution in [1.82, 2.24) is 20.3 Å². The summed E-state index contributed by atoms with van der Waals surface area (Å²) in [5.74, 6) is -0.961. The van der Waals surface area contributed by atoms with Crippen molar-refractivity contribution in [2.24, 2.45) is 0 Å². The maximum atomic E-state index is 13.6. The lowest BCUT2D eigenvalue weighted by Crippen LogP contribution is -2.57. The van der Waals surface area contributed by atoms with Crippen LogP contribution in [0.2, 0.25) is 0 Å². The third-order valence-corrected chi connectivity index (χ3v) is 7.37. The summed E-state index contributed by atoms with van der Waals surface area (Å²) in [6, 6.07) is -2.38. The van der Waals surface area contributed by atoms with E-state index in [1.165, 1.54) is 18.0 Å². The van der Waals surface area contributed by atoms with Gasteiger partial charge in [0.2, 0.25) is 11.8 Å². The molecule has 3 aliphatic rings. The SMILES string of the molecule is C=CC(NC(=O)C1CCC2CCCCCC(NC(=O)OC(C)(C)C)C(=O)N21)C(=O)NSC1CC1. The van der Waals surface area contributed by atoms with Crippen LogP contribution in [0.5, 0.6) is 0 Å². The Labute approximate surface area is 206 Å². The monoisotopic (exact) mass is 494 g/mol. The molecule has 3 N–H and O–H groups in total. The number of fused-ring (bicyclic) bond motifs is 1. The Balaban J connectivity index is 1.69. The third-order valence-electron chi connectivity index (χ3n) is 6.25. The van der Waals surface area contributed by atoms with Gasteiger partial charge in [0.1, 0.15) is 23.7 Å². The summed E-state index contributed by atoms with van der Waals surface area (Å²) in [5.41, 5.74) is -0.678. The molecule has 0 aromatic rings. The number of nitrogens with zero attached hydrogens (tertiary/aromatic N) is 1. The summed E-state index contributed by atoms with van der Waals surface area (Å²) < 4.78 is 8.14. The number of rotatable bonds is 7. The number of ether oxygens (including phenoxy) is 1. The van der Waals surface area contributed by atoms with Gasteiger partial charge in [-0.3, -0.25) is 19.1 Å². The van der Waals surface area contributed by atoms with E-state index in [-0.39, 0.29) is 23.8 Å². The molecule has 9 nitrogen and oxygen atoms in total. The highest BCUT2D eigenvalue weighted by Crippen LogP contribution is 2.32. The Morgan fingerprint density at radius 2 is 1.79 bits per heavy atom. The predicted molar refractivity (Wildman–Crippen MR) is 131 cm³/mol. The molecule has 0 radical (unpaired) electrons. The summed E-state index contributed by atoms with van der Waals surface area (Å²) in [6.07, 6.45) is 8.18. The first kappa shape index (κ1) is 26.4. The maximum Gasteiger partial charge on any atom is 0.408 e. The van der Waals surface area contributed by atoms with Gasteiger partial charge in [-0.15, -0.1) is 6.58 Å². The average molecular weight is 495 g/mol. The van der Waals surface area contributed by atoms with E-state index in [1.54, 1.807) is 25.7 Å². The number of hydrogen-bond donors (Lipinski definition) is 3. The van der Waals surface area contributed by atoms with E-state index in [0.717, 1.165) is 38.5 Å². The molecule has 1 saturated carbocycles. The van der Waals surface area contributed by atoms with Crippen molar-refractivity contribution < 1.29 is 23.9 Å². The zero-order valence-electron chi connectivity index (χ0n) is 20.4. The van der Waals surface area contributed by atoms with Crippen molar-refractivity contribution >= 4 is 35.8 Å². The summed E-state index contributed by atoms with van der Waals surface area (Å²) in [7, 11) is 0. The molecule has 2 aliphatic heterocycles. The largest absolute Gasteiger partial charge is 0.444 e. The lowest BCUT2D eigenvalue weighted by molar-refractivity contribution is -0.142. The van der Waals surface area contributed by atoms with Crippen molar-refractivity contribution in [2.45, 2.75) is 114 Å². The molecule has 0 bridgehead atoms. The van der Waals surface area contributed by atoms with Crippen LogP contribution in [0.1, 0.15) is 78.6 Å². The van der Waals surface area contributed by atoms with Crippen LogP contribution in [0.3, 0.4) is 0 Å². The highest BCUT2D eigenvalue weighted by Gasteiger charge is 2.44. The van der Waals surface area contributed by atoms with Crippen molar-refractivity contribution in [3.05, 3.63) is 12.7 Å². The Morgan fingerprint density at radius 3 is 2.44 bits per heavy atom. The van der Waals surface area contributed by atoms with E-state index >= 15 is 0 Å². The van der Waals surface area contributed by atoms with E-state index in [9.17, 15) is 19.2 Å². The second-order valence-corrected chi connectivity index (χ2v) is 11.4. The molecule has 0 aromatic heterocycles. The van der Waals surface area contributed by atoms with Crippen molar-refractivity contribution in [3.8, 4) is 0 Å². The van der Waals surface area contributed by atoms with E-state index in [4.69, 9.17) is 4.74 Å². The van der Waals surface area contributed by atoms with Gasteiger partial charge in [0, 0.05) is 11.3 Å². The normalized spacial score (nSPS) is 26.3. The Kier molecular flexibility index (Phi) is 8.89. The molecule has 4 unspecified atom stereocenters. The Hall–Kier alpha value is -2.23. The summed E-state index contributed by atoms with van der Waals surface area (Å²) in [5, 5.41) is 5.93. The molecule has 2 saturated heterocycles. The van der Waals surface area contributed by atoms with Gasteiger partial charge in [0.25, 0.3) is 5.91 Å². The van der Waals surface area contributed by atoms with E-state index in [1.807, 2.05) is 0 Å². The second kappa shape index (κ2) is 11.5. The molecular formula is C24H38N4O5S. The highest BCUT2D eigenvalue weighted by atomic mass is 32.2. The third kappa shape index (κ3) is 7.38. The van der Waals surface area contributed by atoms with Gasteiger partial charge < -0.3 is 20.3 Å². The summed E-state index contributed by atoms with van der Waals surface area (Å²) in [6.45, 7) is 8.99. The first-order valence-corrected chi connectivity index (χ1v) is 13.2. The number of nitrogens with one attached hydrogen (secondary N) is 3. The highest BCUT2D eigenvalue weighted by molar-refractivity contribution is 7.98. The minimum absolute atomic E-state index is 0.0642. The predicted octanol–water partition coefficient (Wildman–Crippen LogP) is 2.80.